The zero-order valence-electron chi connectivity index (χ0n) is 14.0. The summed E-state index contributed by atoms with van der Waals surface area (Å²) in [6.45, 7) is 3.46. The molecule has 26 heavy (non-hydrogen) atoms. The largest absolute Gasteiger partial charge is 0.448 e. The number of hydrogen-bond donors (Lipinski definition) is 0. The number of hydrogen-bond acceptors (Lipinski definition) is 4. The molecule has 0 saturated carbocycles. The lowest BCUT2D eigenvalue weighted by atomic mass is 10.1. The van der Waals surface area contributed by atoms with Crippen molar-refractivity contribution in [2.24, 2.45) is 0 Å². The number of fused-ring (bicyclic) bond motifs is 1. The Balaban J connectivity index is 1.78. The van der Waals surface area contributed by atoms with Gasteiger partial charge in [-0.15, -0.1) is 0 Å². The lowest BCUT2D eigenvalue weighted by molar-refractivity contribution is -0.126. The van der Waals surface area contributed by atoms with Crippen molar-refractivity contribution in [3.05, 3.63) is 56.8 Å². The molecular weight excluding hydrogens is 399 g/mol. The van der Waals surface area contributed by atoms with Crippen molar-refractivity contribution in [2.45, 2.75) is 32.4 Å². The van der Waals surface area contributed by atoms with Crippen molar-refractivity contribution in [2.75, 3.05) is 4.90 Å². The fourth-order valence-corrected chi connectivity index (χ4v) is 3.51. The fourth-order valence-electron chi connectivity index (χ4n) is 2.95. The Morgan fingerprint density at radius 2 is 1.92 bits per heavy atom. The highest BCUT2D eigenvalue weighted by atomic mass is 35.5. The monoisotopic (exact) mass is 412 g/mol. The number of esters is 1. The van der Waals surface area contributed by atoms with E-state index in [-0.39, 0.29) is 32.7 Å². The number of aromatic nitrogens is 1. The molecule has 1 aromatic carbocycles. The van der Waals surface area contributed by atoms with E-state index in [1.807, 2.05) is 31.2 Å². The van der Waals surface area contributed by atoms with Crippen LogP contribution in [0.25, 0.3) is 0 Å². The molecule has 0 fully saturated rings. The predicted octanol–water partition coefficient (Wildman–Crippen LogP) is 4.56. The molecular formula is C18H15Cl3N2O3. The Morgan fingerprint density at radius 1 is 1.23 bits per heavy atom. The first-order chi connectivity index (χ1) is 12.3. The second kappa shape index (κ2) is 7.43. The van der Waals surface area contributed by atoms with Crippen LogP contribution in [0.3, 0.4) is 0 Å². The SMILES string of the molecule is C[C@H](OC(=O)c1ncc(Cl)c(Cl)c1Cl)C(=O)N1c2ccccc2C[C@@H]1C. The van der Waals surface area contributed by atoms with Crippen LogP contribution in [-0.4, -0.2) is 29.0 Å². The van der Waals surface area contributed by atoms with Gasteiger partial charge in [0.25, 0.3) is 5.91 Å². The summed E-state index contributed by atoms with van der Waals surface area (Å²) in [5.74, 6) is -1.15. The van der Waals surface area contributed by atoms with Crippen LogP contribution in [0, 0.1) is 0 Å². The Morgan fingerprint density at radius 3 is 2.65 bits per heavy atom. The van der Waals surface area contributed by atoms with Crippen LogP contribution in [0.5, 0.6) is 0 Å². The van der Waals surface area contributed by atoms with Gasteiger partial charge in [0.2, 0.25) is 0 Å². The minimum absolute atomic E-state index is 0.0105. The summed E-state index contributed by atoms with van der Waals surface area (Å²) < 4.78 is 5.27. The molecule has 136 valence electrons. The molecule has 2 aromatic rings. The molecule has 2 atom stereocenters. The molecule has 8 heteroatoms. The van der Waals surface area contributed by atoms with Crippen molar-refractivity contribution >= 4 is 52.4 Å². The Hall–Kier alpha value is -1.82. The Kier molecular flexibility index (Phi) is 5.42. The molecule has 0 bridgehead atoms. The number of amides is 1. The average Bonchev–Trinajstić information content (AvgIpc) is 2.94. The molecule has 1 aromatic heterocycles. The van der Waals surface area contributed by atoms with E-state index in [1.165, 1.54) is 13.1 Å². The van der Waals surface area contributed by atoms with Gasteiger partial charge in [0.05, 0.1) is 15.1 Å². The smallest absolute Gasteiger partial charge is 0.359 e. The van der Waals surface area contributed by atoms with Crippen LogP contribution in [0.15, 0.2) is 30.5 Å². The Bertz CT molecular complexity index is 888. The first-order valence-electron chi connectivity index (χ1n) is 7.92. The summed E-state index contributed by atoms with van der Waals surface area (Å²) in [7, 11) is 0. The molecule has 3 rings (SSSR count). The van der Waals surface area contributed by atoms with Crippen molar-refractivity contribution in [1.82, 2.24) is 4.98 Å². The highest BCUT2D eigenvalue weighted by Gasteiger charge is 2.35. The normalized spacial score (nSPS) is 17.0. The van der Waals surface area contributed by atoms with Crippen LogP contribution in [0.2, 0.25) is 15.1 Å². The number of ether oxygens (including phenoxy) is 1. The molecule has 2 heterocycles. The van der Waals surface area contributed by atoms with Gasteiger partial charge >= 0.3 is 5.97 Å². The maximum atomic E-state index is 12.8. The standard InChI is InChI=1S/C18H15Cl3N2O3/c1-9-7-11-5-3-4-6-13(11)23(9)17(24)10(2)26-18(25)16-15(21)14(20)12(19)8-22-16/h3-6,8-10H,7H2,1-2H3/t9-,10-/m0/s1. The van der Waals surface area contributed by atoms with E-state index in [4.69, 9.17) is 39.5 Å². The molecule has 1 aliphatic rings. The van der Waals surface area contributed by atoms with Crippen LogP contribution >= 0.6 is 34.8 Å². The highest BCUT2D eigenvalue weighted by molar-refractivity contribution is 6.48. The molecule has 0 spiro atoms. The number of pyridine rings is 1. The van der Waals surface area contributed by atoms with Gasteiger partial charge < -0.3 is 9.64 Å². The summed E-state index contributed by atoms with van der Waals surface area (Å²) in [6, 6.07) is 7.64. The summed E-state index contributed by atoms with van der Waals surface area (Å²) in [4.78, 5) is 30.7. The predicted molar refractivity (Wildman–Crippen MR) is 101 cm³/mol. The van der Waals surface area contributed by atoms with Crippen molar-refractivity contribution < 1.29 is 14.3 Å². The average molecular weight is 414 g/mol. The van der Waals surface area contributed by atoms with E-state index in [0.29, 0.717) is 0 Å². The highest BCUT2D eigenvalue weighted by Crippen LogP contribution is 2.33. The van der Waals surface area contributed by atoms with Gasteiger partial charge in [-0.25, -0.2) is 9.78 Å². The molecule has 1 amide bonds. The second-order valence-electron chi connectivity index (χ2n) is 6.02. The van der Waals surface area contributed by atoms with E-state index in [9.17, 15) is 9.59 Å². The third kappa shape index (κ3) is 3.39. The van der Waals surface area contributed by atoms with Gasteiger partial charge in [-0.3, -0.25) is 4.79 Å². The number of carbonyl (C=O) groups is 2. The summed E-state index contributed by atoms with van der Waals surface area (Å²) >= 11 is 17.7. The van der Waals surface area contributed by atoms with Gasteiger partial charge in [0.1, 0.15) is 0 Å². The topological polar surface area (TPSA) is 59.5 Å². The lowest BCUT2D eigenvalue weighted by Gasteiger charge is -2.25. The van der Waals surface area contributed by atoms with Gasteiger partial charge in [-0.05, 0) is 31.9 Å². The first-order valence-corrected chi connectivity index (χ1v) is 9.06. The van der Waals surface area contributed by atoms with Gasteiger partial charge in [0, 0.05) is 17.9 Å². The molecule has 0 radical (unpaired) electrons. The molecule has 0 aliphatic carbocycles. The minimum atomic E-state index is -1.01. The van der Waals surface area contributed by atoms with Gasteiger partial charge in [-0.2, -0.15) is 0 Å². The van der Waals surface area contributed by atoms with Gasteiger partial charge in [-0.1, -0.05) is 53.0 Å². The van der Waals surface area contributed by atoms with Crippen LogP contribution in [-0.2, 0) is 16.0 Å². The van der Waals surface area contributed by atoms with Crippen LogP contribution in [0.1, 0.15) is 29.9 Å². The maximum Gasteiger partial charge on any atom is 0.359 e. The number of rotatable bonds is 3. The zero-order valence-corrected chi connectivity index (χ0v) is 16.3. The van der Waals surface area contributed by atoms with Crippen LogP contribution < -0.4 is 4.90 Å². The minimum Gasteiger partial charge on any atom is -0.448 e. The zero-order chi connectivity index (χ0) is 19.0. The first kappa shape index (κ1) is 19.0. The number of halogens is 3. The Labute approximate surface area is 165 Å². The number of benzene rings is 1. The molecule has 1 aliphatic heterocycles. The number of para-hydroxylation sites is 1. The van der Waals surface area contributed by atoms with Crippen LogP contribution in [0.4, 0.5) is 5.69 Å². The molecule has 0 saturated heterocycles. The fraction of sp³-hybridized carbons (Fsp3) is 0.278. The number of nitrogens with zero attached hydrogens (tertiary/aromatic N) is 2. The van der Waals surface area contributed by atoms with E-state index in [0.717, 1.165) is 17.7 Å². The van der Waals surface area contributed by atoms with Crippen molar-refractivity contribution in [3.63, 3.8) is 0 Å². The third-order valence-corrected chi connectivity index (χ3v) is 5.43. The second-order valence-corrected chi connectivity index (χ2v) is 7.18. The third-order valence-electron chi connectivity index (χ3n) is 4.19. The number of carbonyl (C=O) groups excluding carboxylic acids is 2. The van der Waals surface area contributed by atoms with E-state index >= 15 is 0 Å². The maximum absolute atomic E-state index is 12.8. The van der Waals surface area contributed by atoms with Crippen molar-refractivity contribution in [1.29, 1.82) is 0 Å². The molecule has 5 nitrogen and oxygen atoms in total. The van der Waals surface area contributed by atoms with E-state index < -0.39 is 12.1 Å². The summed E-state index contributed by atoms with van der Waals surface area (Å²) in [5, 5.41) is 0.0277. The summed E-state index contributed by atoms with van der Waals surface area (Å²) in [6.07, 6.45) is 0.948. The molecule has 0 N–H and O–H groups in total. The molecule has 0 unspecified atom stereocenters. The summed E-state index contributed by atoms with van der Waals surface area (Å²) in [5.41, 5.74) is 1.73. The number of anilines is 1. The van der Waals surface area contributed by atoms with Crippen molar-refractivity contribution in [3.8, 4) is 0 Å². The van der Waals surface area contributed by atoms with E-state index in [1.54, 1.807) is 4.90 Å². The quantitative estimate of drug-likeness (QED) is 0.692. The van der Waals surface area contributed by atoms with E-state index in [2.05, 4.69) is 4.98 Å². The lowest BCUT2D eigenvalue weighted by Crippen LogP contribution is -2.43. The van der Waals surface area contributed by atoms with Gasteiger partial charge in [0.15, 0.2) is 11.8 Å².